The third-order valence-electron chi connectivity index (χ3n) is 3.11. The molecular weight excluding hydrogens is 270 g/mol. The van der Waals surface area contributed by atoms with Crippen LogP contribution in [-0.2, 0) is 6.42 Å². The second-order valence-corrected chi connectivity index (χ2v) is 5.79. The van der Waals surface area contributed by atoms with Crippen LogP contribution in [0.25, 0.3) is 0 Å². The van der Waals surface area contributed by atoms with Crippen molar-refractivity contribution in [2.75, 3.05) is 13.7 Å². The van der Waals surface area contributed by atoms with Crippen LogP contribution in [-0.4, -0.2) is 23.9 Å². The Morgan fingerprint density at radius 1 is 1.35 bits per heavy atom. The van der Waals surface area contributed by atoms with Crippen molar-refractivity contribution in [1.82, 2.24) is 15.5 Å². The summed E-state index contributed by atoms with van der Waals surface area (Å²) in [5, 5.41) is 13.8. The maximum absolute atomic E-state index is 5.74. The van der Waals surface area contributed by atoms with E-state index in [0.29, 0.717) is 12.6 Å². The number of nitrogens with zero attached hydrogens (tertiary/aromatic N) is 2. The van der Waals surface area contributed by atoms with Crippen molar-refractivity contribution in [2.45, 2.75) is 32.7 Å². The van der Waals surface area contributed by atoms with Crippen LogP contribution in [0.3, 0.4) is 0 Å². The smallest absolute Gasteiger partial charge is 0.134 e. The van der Waals surface area contributed by atoms with E-state index in [2.05, 4.69) is 35.4 Å². The molecule has 1 N–H and O–H groups in total. The van der Waals surface area contributed by atoms with Gasteiger partial charge in [-0.3, -0.25) is 0 Å². The third kappa shape index (κ3) is 4.02. The largest absolute Gasteiger partial charge is 0.493 e. The van der Waals surface area contributed by atoms with E-state index in [9.17, 15) is 0 Å². The van der Waals surface area contributed by atoms with E-state index in [1.165, 1.54) is 5.56 Å². The topological polar surface area (TPSA) is 47.0 Å². The van der Waals surface area contributed by atoms with Gasteiger partial charge in [-0.2, -0.15) is 0 Å². The molecular formula is C15H21N3OS. The van der Waals surface area contributed by atoms with Gasteiger partial charge in [-0.25, -0.2) is 0 Å². The van der Waals surface area contributed by atoms with Crippen molar-refractivity contribution in [3.05, 3.63) is 39.8 Å². The summed E-state index contributed by atoms with van der Waals surface area (Å²) < 4.78 is 5.74. The fourth-order valence-electron chi connectivity index (χ4n) is 1.97. The van der Waals surface area contributed by atoms with E-state index in [-0.39, 0.29) is 0 Å². The number of hydrogen-bond donors (Lipinski definition) is 1. The fourth-order valence-corrected chi connectivity index (χ4v) is 2.99. The summed E-state index contributed by atoms with van der Waals surface area (Å²) >= 11 is 1.66. The highest BCUT2D eigenvalue weighted by Gasteiger charge is 2.12. The minimum absolute atomic E-state index is 0.305. The maximum Gasteiger partial charge on any atom is 0.134 e. The maximum atomic E-state index is 5.74. The molecule has 0 spiro atoms. The molecule has 2 rings (SSSR count). The molecule has 108 valence electrons. The predicted molar refractivity (Wildman–Crippen MR) is 82.4 cm³/mol. The zero-order valence-electron chi connectivity index (χ0n) is 12.2. The Hall–Kier alpha value is -1.46. The number of nitrogens with one attached hydrogen (secondary N) is 1. The van der Waals surface area contributed by atoms with Crippen LogP contribution in [0.4, 0.5) is 0 Å². The summed E-state index contributed by atoms with van der Waals surface area (Å²) in [6.45, 7) is 4.84. The molecule has 0 saturated heterocycles. The minimum Gasteiger partial charge on any atom is -0.493 e. The molecule has 2 aromatic rings. The lowest BCUT2D eigenvalue weighted by atomic mass is 10.2. The lowest BCUT2D eigenvalue weighted by Crippen LogP contribution is -2.14. The van der Waals surface area contributed by atoms with E-state index in [1.54, 1.807) is 11.3 Å². The van der Waals surface area contributed by atoms with E-state index in [4.69, 9.17) is 4.74 Å². The molecule has 0 bridgehead atoms. The van der Waals surface area contributed by atoms with Crippen molar-refractivity contribution < 1.29 is 4.74 Å². The van der Waals surface area contributed by atoms with Gasteiger partial charge >= 0.3 is 0 Å². The molecule has 0 aliphatic carbocycles. The lowest BCUT2D eigenvalue weighted by molar-refractivity contribution is 0.321. The van der Waals surface area contributed by atoms with Crippen LogP contribution in [0.1, 0.15) is 35.0 Å². The number of aromatic nitrogens is 2. The second-order valence-electron chi connectivity index (χ2n) is 4.70. The number of aryl methyl sites for hydroxylation is 1. The monoisotopic (exact) mass is 291 g/mol. The molecule has 1 unspecified atom stereocenters. The highest BCUT2D eigenvalue weighted by molar-refractivity contribution is 7.11. The average Bonchev–Trinajstić information content (AvgIpc) is 2.89. The van der Waals surface area contributed by atoms with Crippen LogP contribution < -0.4 is 10.1 Å². The van der Waals surface area contributed by atoms with E-state index >= 15 is 0 Å². The first-order valence-corrected chi connectivity index (χ1v) is 7.73. The lowest BCUT2D eigenvalue weighted by Gasteiger charge is -2.08. The van der Waals surface area contributed by atoms with Crippen LogP contribution in [0.2, 0.25) is 0 Å². The summed E-state index contributed by atoms with van der Waals surface area (Å²) in [6, 6.07) is 8.39. The number of benzene rings is 1. The summed E-state index contributed by atoms with van der Waals surface area (Å²) in [5.41, 5.74) is 1.21. The zero-order chi connectivity index (χ0) is 14.4. The fraction of sp³-hybridized carbons (Fsp3) is 0.467. The van der Waals surface area contributed by atoms with Gasteiger partial charge in [0.25, 0.3) is 0 Å². The molecule has 5 heteroatoms. The Bertz CT molecular complexity index is 537. The molecule has 1 aromatic heterocycles. The van der Waals surface area contributed by atoms with Gasteiger partial charge in [0.15, 0.2) is 0 Å². The van der Waals surface area contributed by atoms with Crippen LogP contribution in [0.15, 0.2) is 24.3 Å². The van der Waals surface area contributed by atoms with E-state index in [0.717, 1.165) is 28.6 Å². The molecule has 0 fully saturated rings. The van der Waals surface area contributed by atoms with Crippen LogP contribution >= 0.6 is 11.3 Å². The molecule has 1 heterocycles. The van der Waals surface area contributed by atoms with E-state index < -0.39 is 0 Å². The van der Waals surface area contributed by atoms with Crippen LogP contribution in [0, 0.1) is 6.92 Å². The highest BCUT2D eigenvalue weighted by Crippen LogP contribution is 2.21. The summed E-state index contributed by atoms with van der Waals surface area (Å²) in [5.74, 6) is 0.913. The molecule has 4 nitrogen and oxygen atoms in total. The summed E-state index contributed by atoms with van der Waals surface area (Å²) in [6.07, 6.45) is 1.82. The molecule has 0 aliphatic rings. The summed E-state index contributed by atoms with van der Waals surface area (Å²) in [7, 11) is 1.95. The van der Waals surface area contributed by atoms with Gasteiger partial charge in [-0.05, 0) is 38.1 Å². The molecule has 0 radical (unpaired) electrons. The van der Waals surface area contributed by atoms with Crippen molar-refractivity contribution in [3.8, 4) is 5.75 Å². The van der Waals surface area contributed by atoms with E-state index in [1.807, 2.05) is 25.2 Å². The number of rotatable bonds is 7. The normalized spacial score (nSPS) is 12.3. The molecule has 1 atom stereocenters. The molecule has 0 amide bonds. The van der Waals surface area contributed by atoms with Gasteiger partial charge in [0.1, 0.15) is 15.8 Å². The average molecular weight is 291 g/mol. The molecule has 1 aromatic carbocycles. The van der Waals surface area contributed by atoms with Crippen molar-refractivity contribution in [1.29, 1.82) is 0 Å². The Kier molecular flexibility index (Phi) is 5.49. The number of ether oxygens (including phenoxy) is 1. The molecule has 20 heavy (non-hydrogen) atoms. The quantitative estimate of drug-likeness (QED) is 0.851. The van der Waals surface area contributed by atoms with Crippen molar-refractivity contribution in [3.63, 3.8) is 0 Å². The zero-order valence-corrected chi connectivity index (χ0v) is 13.0. The standard InChI is InChI=1S/C15H21N3OS/c1-4-13(16-3)15-18-17-14(20-15)8-9-19-12-7-5-6-11(2)10-12/h5-7,10,13,16H,4,8-9H2,1-3H3. The Morgan fingerprint density at radius 2 is 2.20 bits per heavy atom. The first-order chi connectivity index (χ1) is 9.72. The molecule has 0 saturated carbocycles. The first-order valence-electron chi connectivity index (χ1n) is 6.92. The molecule has 0 aliphatic heterocycles. The highest BCUT2D eigenvalue weighted by atomic mass is 32.1. The Morgan fingerprint density at radius 3 is 2.90 bits per heavy atom. The van der Waals surface area contributed by atoms with Crippen molar-refractivity contribution >= 4 is 11.3 Å². The van der Waals surface area contributed by atoms with Gasteiger partial charge in [0, 0.05) is 6.42 Å². The van der Waals surface area contributed by atoms with Crippen LogP contribution in [0.5, 0.6) is 5.75 Å². The van der Waals surface area contributed by atoms with Gasteiger partial charge in [0.2, 0.25) is 0 Å². The third-order valence-corrected chi connectivity index (χ3v) is 4.21. The second kappa shape index (κ2) is 7.36. The van der Waals surface area contributed by atoms with Gasteiger partial charge in [-0.15, -0.1) is 10.2 Å². The Balaban J connectivity index is 1.85. The predicted octanol–water partition coefficient (Wildman–Crippen LogP) is 3.14. The summed E-state index contributed by atoms with van der Waals surface area (Å²) in [4.78, 5) is 0. The van der Waals surface area contributed by atoms with Gasteiger partial charge < -0.3 is 10.1 Å². The Labute approximate surface area is 124 Å². The van der Waals surface area contributed by atoms with Gasteiger partial charge in [0.05, 0.1) is 12.6 Å². The van der Waals surface area contributed by atoms with Crippen molar-refractivity contribution in [2.24, 2.45) is 0 Å². The number of hydrogen-bond acceptors (Lipinski definition) is 5. The minimum atomic E-state index is 0.305. The van der Waals surface area contributed by atoms with Gasteiger partial charge in [-0.1, -0.05) is 30.4 Å². The first kappa shape index (κ1) is 14.9. The SMILES string of the molecule is CCC(NC)c1nnc(CCOc2cccc(C)c2)s1.